The Morgan fingerprint density at radius 2 is 1.09 bits per heavy atom. The molecule has 1 aliphatic carbocycles. The van der Waals surface area contributed by atoms with E-state index in [1.54, 1.807) is 0 Å². The molecule has 0 amide bonds. The maximum absolute atomic E-state index is 2.46. The van der Waals surface area contributed by atoms with E-state index in [2.05, 4.69) is 173 Å². The standard InChI is InChI=1S/C42H30N2/c1-3-13-29(14-4-1)30-15-11-18-33(27-30)43-39-23-9-8-20-36(39)38-28-31(25-26-41(38)43)34-21-12-22-37-35-19-7-10-24-40(35)44(42(34)37)32-16-5-2-6-17-32/h1-27,31H,28H2. The van der Waals surface area contributed by atoms with Crippen LogP contribution >= 0.6 is 0 Å². The molecule has 2 heteroatoms. The molecular formula is C42H30N2. The quantitative estimate of drug-likeness (QED) is 0.202. The van der Waals surface area contributed by atoms with Crippen LogP contribution in [0.2, 0.25) is 0 Å². The van der Waals surface area contributed by atoms with E-state index < -0.39 is 0 Å². The van der Waals surface area contributed by atoms with Gasteiger partial charge in [0.2, 0.25) is 0 Å². The van der Waals surface area contributed by atoms with Crippen LogP contribution < -0.4 is 0 Å². The molecule has 6 aromatic carbocycles. The lowest BCUT2D eigenvalue weighted by Crippen LogP contribution is -2.09. The topological polar surface area (TPSA) is 9.86 Å². The van der Waals surface area contributed by atoms with E-state index in [-0.39, 0.29) is 5.92 Å². The van der Waals surface area contributed by atoms with Crippen molar-refractivity contribution in [3.05, 3.63) is 175 Å². The van der Waals surface area contributed by atoms with Crippen molar-refractivity contribution >= 4 is 38.8 Å². The first-order valence-corrected chi connectivity index (χ1v) is 15.4. The molecule has 0 saturated carbocycles. The second kappa shape index (κ2) is 10.00. The zero-order valence-electron chi connectivity index (χ0n) is 24.3. The summed E-state index contributed by atoms with van der Waals surface area (Å²) in [5.41, 5.74) is 12.7. The van der Waals surface area contributed by atoms with Crippen molar-refractivity contribution in [2.24, 2.45) is 0 Å². The number of para-hydroxylation sites is 4. The smallest absolute Gasteiger partial charge is 0.0579 e. The number of fused-ring (bicyclic) bond motifs is 6. The highest BCUT2D eigenvalue weighted by Gasteiger charge is 2.26. The van der Waals surface area contributed by atoms with Gasteiger partial charge in [-0.1, -0.05) is 121 Å². The highest BCUT2D eigenvalue weighted by atomic mass is 15.0. The highest BCUT2D eigenvalue weighted by molar-refractivity contribution is 6.10. The maximum Gasteiger partial charge on any atom is 0.0579 e. The third-order valence-electron chi connectivity index (χ3n) is 9.28. The number of rotatable bonds is 4. The summed E-state index contributed by atoms with van der Waals surface area (Å²) in [6.07, 6.45) is 5.75. The van der Waals surface area contributed by atoms with Crippen molar-refractivity contribution in [1.29, 1.82) is 0 Å². The molecule has 0 fully saturated rings. The van der Waals surface area contributed by atoms with E-state index in [0.29, 0.717) is 0 Å². The van der Waals surface area contributed by atoms with Crippen molar-refractivity contribution in [3.8, 4) is 22.5 Å². The molecular weight excluding hydrogens is 532 g/mol. The summed E-state index contributed by atoms with van der Waals surface area (Å²) in [5, 5.41) is 3.93. The molecule has 1 aliphatic rings. The fourth-order valence-electron chi connectivity index (χ4n) is 7.35. The second-order valence-electron chi connectivity index (χ2n) is 11.7. The Morgan fingerprint density at radius 3 is 1.91 bits per heavy atom. The van der Waals surface area contributed by atoms with Gasteiger partial charge in [0.15, 0.2) is 0 Å². The molecule has 0 saturated heterocycles. The molecule has 0 spiro atoms. The van der Waals surface area contributed by atoms with Gasteiger partial charge >= 0.3 is 0 Å². The largest absolute Gasteiger partial charge is 0.310 e. The molecule has 9 rings (SSSR count). The SMILES string of the molecule is C1=CC(c2cccc3c4ccccc4n(-c4ccccc4)c23)Cc2c1n(-c1cccc(-c3ccccc3)c1)c1ccccc21. The molecule has 8 aromatic rings. The van der Waals surface area contributed by atoms with Gasteiger partial charge in [0, 0.05) is 39.1 Å². The summed E-state index contributed by atoms with van der Waals surface area (Å²) in [6.45, 7) is 0. The van der Waals surface area contributed by atoms with Gasteiger partial charge < -0.3 is 9.13 Å². The Balaban J connectivity index is 1.23. The molecule has 1 atom stereocenters. The van der Waals surface area contributed by atoms with Crippen molar-refractivity contribution < 1.29 is 0 Å². The summed E-state index contributed by atoms with van der Waals surface area (Å²) in [4.78, 5) is 0. The van der Waals surface area contributed by atoms with Gasteiger partial charge in [-0.05, 0) is 71.1 Å². The summed E-state index contributed by atoms with van der Waals surface area (Å²) in [7, 11) is 0. The molecule has 44 heavy (non-hydrogen) atoms. The zero-order chi connectivity index (χ0) is 29.0. The zero-order valence-corrected chi connectivity index (χ0v) is 24.3. The molecule has 0 N–H and O–H groups in total. The third kappa shape index (κ3) is 3.81. The predicted octanol–water partition coefficient (Wildman–Crippen LogP) is 10.7. The molecule has 0 aliphatic heterocycles. The van der Waals surface area contributed by atoms with Gasteiger partial charge in [-0.25, -0.2) is 0 Å². The van der Waals surface area contributed by atoms with Gasteiger partial charge in [-0.3, -0.25) is 0 Å². The van der Waals surface area contributed by atoms with Gasteiger partial charge in [0.05, 0.1) is 16.6 Å². The highest BCUT2D eigenvalue weighted by Crippen LogP contribution is 2.42. The van der Waals surface area contributed by atoms with Gasteiger partial charge in [-0.2, -0.15) is 0 Å². The van der Waals surface area contributed by atoms with E-state index in [1.807, 2.05) is 0 Å². The van der Waals surface area contributed by atoms with E-state index in [9.17, 15) is 0 Å². The summed E-state index contributed by atoms with van der Waals surface area (Å²) in [6, 6.07) is 54.9. The minimum absolute atomic E-state index is 0.257. The Hall–Kier alpha value is -5.60. The number of hydrogen-bond donors (Lipinski definition) is 0. The van der Waals surface area contributed by atoms with Gasteiger partial charge in [0.25, 0.3) is 0 Å². The van der Waals surface area contributed by atoms with Crippen LogP contribution in [-0.2, 0) is 6.42 Å². The lowest BCUT2D eigenvalue weighted by molar-refractivity contribution is 0.828. The van der Waals surface area contributed by atoms with E-state index in [1.165, 1.54) is 72.0 Å². The lowest BCUT2D eigenvalue weighted by Gasteiger charge is -2.21. The second-order valence-corrected chi connectivity index (χ2v) is 11.7. The van der Waals surface area contributed by atoms with Crippen LogP contribution in [0.25, 0.3) is 61.3 Å². The van der Waals surface area contributed by atoms with Crippen molar-refractivity contribution in [2.45, 2.75) is 12.3 Å². The van der Waals surface area contributed by atoms with Crippen LogP contribution in [0.15, 0.2) is 158 Å². The molecule has 1 unspecified atom stereocenters. The molecule has 2 heterocycles. The molecule has 2 aromatic heterocycles. The Kier molecular flexibility index (Phi) is 5.67. The van der Waals surface area contributed by atoms with Crippen molar-refractivity contribution in [3.63, 3.8) is 0 Å². The average Bonchev–Trinajstić information content (AvgIpc) is 3.62. The van der Waals surface area contributed by atoms with Crippen molar-refractivity contribution in [1.82, 2.24) is 9.13 Å². The van der Waals surface area contributed by atoms with Crippen LogP contribution in [0.5, 0.6) is 0 Å². The maximum atomic E-state index is 2.46. The number of benzene rings is 6. The average molecular weight is 563 g/mol. The van der Waals surface area contributed by atoms with Gasteiger partial charge in [0.1, 0.15) is 0 Å². The van der Waals surface area contributed by atoms with Crippen LogP contribution in [0.4, 0.5) is 0 Å². The van der Waals surface area contributed by atoms with Crippen LogP contribution in [0, 0.1) is 0 Å². The Morgan fingerprint density at radius 1 is 0.477 bits per heavy atom. The first-order valence-electron chi connectivity index (χ1n) is 15.4. The summed E-state index contributed by atoms with van der Waals surface area (Å²) < 4.78 is 4.91. The minimum atomic E-state index is 0.257. The van der Waals surface area contributed by atoms with Crippen LogP contribution in [0.3, 0.4) is 0 Å². The summed E-state index contributed by atoms with van der Waals surface area (Å²) >= 11 is 0. The Bertz CT molecular complexity index is 2350. The third-order valence-corrected chi connectivity index (χ3v) is 9.28. The summed E-state index contributed by atoms with van der Waals surface area (Å²) in [5.74, 6) is 0.257. The monoisotopic (exact) mass is 562 g/mol. The Labute approximate surface area is 256 Å². The molecule has 0 bridgehead atoms. The van der Waals surface area contributed by atoms with E-state index >= 15 is 0 Å². The first kappa shape index (κ1) is 24.9. The minimum Gasteiger partial charge on any atom is -0.310 e. The predicted molar refractivity (Wildman–Crippen MR) is 185 cm³/mol. The molecule has 208 valence electrons. The van der Waals surface area contributed by atoms with Crippen molar-refractivity contribution in [2.75, 3.05) is 0 Å². The van der Waals surface area contributed by atoms with Crippen LogP contribution in [0.1, 0.15) is 22.7 Å². The van der Waals surface area contributed by atoms with E-state index in [0.717, 1.165) is 6.42 Å². The van der Waals surface area contributed by atoms with E-state index in [4.69, 9.17) is 0 Å². The van der Waals surface area contributed by atoms with Crippen LogP contribution in [-0.4, -0.2) is 9.13 Å². The fraction of sp³-hybridized carbons (Fsp3) is 0.0476. The number of nitrogens with zero attached hydrogens (tertiary/aromatic N) is 2. The number of allylic oxidation sites excluding steroid dienone is 1. The lowest BCUT2D eigenvalue weighted by atomic mass is 9.85. The number of hydrogen-bond acceptors (Lipinski definition) is 0. The molecule has 2 nitrogen and oxygen atoms in total. The molecule has 0 radical (unpaired) electrons. The normalized spacial score (nSPS) is 14.4. The van der Waals surface area contributed by atoms with Gasteiger partial charge in [-0.15, -0.1) is 0 Å². The number of aromatic nitrogens is 2. The first-order chi connectivity index (χ1) is 21.8. The fourth-order valence-corrected chi connectivity index (χ4v) is 7.35.